The lowest BCUT2D eigenvalue weighted by Crippen LogP contribution is -2.51. The Kier molecular flexibility index (Phi) is 13.8. The highest BCUT2D eigenvalue weighted by atomic mass is 31.2. The largest absolute Gasteiger partial charge is 0.481 e. The highest BCUT2D eigenvalue weighted by Gasteiger charge is 2.55. The van der Waals surface area contributed by atoms with E-state index in [9.17, 15) is 24.4 Å². The van der Waals surface area contributed by atoms with Gasteiger partial charge in [-0.25, -0.2) is 10.2 Å². The van der Waals surface area contributed by atoms with Gasteiger partial charge in [0.2, 0.25) is 5.90 Å². The first-order chi connectivity index (χ1) is 20.1. The molecule has 0 aromatic rings. The van der Waals surface area contributed by atoms with E-state index in [2.05, 4.69) is 21.7 Å². The van der Waals surface area contributed by atoms with Crippen LogP contribution in [-0.2, 0) is 37.6 Å². The number of esters is 2. The van der Waals surface area contributed by atoms with Crippen LogP contribution in [0.5, 0.6) is 0 Å². The van der Waals surface area contributed by atoms with Gasteiger partial charge in [0.1, 0.15) is 35.7 Å². The molecule has 0 saturated carbocycles. The lowest BCUT2D eigenvalue weighted by Gasteiger charge is -2.35. The van der Waals surface area contributed by atoms with Gasteiger partial charge in [-0.3, -0.25) is 14.2 Å². The van der Waals surface area contributed by atoms with Gasteiger partial charge in [0.15, 0.2) is 6.23 Å². The van der Waals surface area contributed by atoms with Gasteiger partial charge in [-0.2, -0.15) is 4.99 Å². The van der Waals surface area contributed by atoms with E-state index in [0.29, 0.717) is 5.90 Å². The van der Waals surface area contributed by atoms with E-state index >= 15 is 0 Å². The van der Waals surface area contributed by atoms with Crippen LogP contribution in [-0.4, -0.2) is 96.0 Å². The number of ether oxygens (including phenoxy) is 4. The number of carbonyl (C=O) groups is 2. The third kappa shape index (κ3) is 10.1. The summed E-state index contributed by atoms with van der Waals surface area (Å²) >= 11 is 0. The maximum atomic E-state index is 14.4. The first-order valence-electron chi connectivity index (χ1n) is 14.6. The van der Waals surface area contributed by atoms with Crippen LogP contribution in [0.2, 0.25) is 0 Å². The summed E-state index contributed by atoms with van der Waals surface area (Å²) in [5.41, 5.74) is -1.83. The van der Waals surface area contributed by atoms with Crippen LogP contribution in [0.1, 0.15) is 61.3 Å². The lowest BCUT2D eigenvalue weighted by molar-refractivity contribution is -0.146. The van der Waals surface area contributed by atoms with Crippen LogP contribution in [0.3, 0.4) is 0 Å². The van der Waals surface area contributed by atoms with Gasteiger partial charge in [0, 0.05) is 12.3 Å². The monoisotopic (exact) mass is 632 g/mol. The fourth-order valence-electron chi connectivity index (χ4n) is 4.69. The minimum absolute atomic E-state index is 0.00898. The Bertz CT molecular complexity index is 1040. The number of nitrogens with zero attached hydrogens (tertiary/aromatic N) is 2. The predicted octanol–water partition coefficient (Wildman–Crippen LogP) is 2.43. The van der Waals surface area contributed by atoms with Crippen molar-refractivity contribution in [3.63, 3.8) is 0 Å². The van der Waals surface area contributed by atoms with Crippen LogP contribution in [0.25, 0.3) is 0 Å². The number of aliphatic imine (C=N–C) groups is 1. The Morgan fingerprint density at radius 1 is 1.12 bits per heavy atom. The molecule has 0 aromatic carbocycles. The highest BCUT2D eigenvalue weighted by molar-refractivity contribution is 7.54. The molecule has 2 aliphatic rings. The molecule has 0 aromatic heterocycles. The summed E-state index contributed by atoms with van der Waals surface area (Å²) in [5.74, 6) is -0.754. The zero-order valence-electron chi connectivity index (χ0n) is 26.4. The number of nitrogens with one attached hydrogen (secondary N) is 2. The molecular formula is C28H49N4O10P. The molecule has 246 valence electrons. The molecule has 1 fully saturated rings. The first-order valence-corrected chi connectivity index (χ1v) is 16.2. The summed E-state index contributed by atoms with van der Waals surface area (Å²) in [7, 11) is -2.80. The van der Waals surface area contributed by atoms with Crippen molar-refractivity contribution in [2.24, 2.45) is 16.8 Å². The van der Waals surface area contributed by atoms with E-state index in [-0.39, 0.29) is 43.7 Å². The Balaban J connectivity index is 2.36. The van der Waals surface area contributed by atoms with E-state index < -0.39 is 62.3 Å². The lowest BCUT2D eigenvalue weighted by atomic mass is 9.96. The summed E-state index contributed by atoms with van der Waals surface area (Å²) < 4.78 is 41.8. The molecule has 4 N–H and O–H groups in total. The Morgan fingerprint density at radius 3 is 2.05 bits per heavy atom. The topological polar surface area (TPSA) is 177 Å². The molecule has 1 saturated heterocycles. The molecule has 0 amide bonds. The van der Waals surface area contributed by atoms with Gasteiger partial charge < -0.3 is 38.6 Å². The average Bonchev–Trinajstić information content (AvgIpc) is 3.14. The third-order valence-electron chi connectivity index (χ3n) is 6.76. The normalized spacial score (nSPS) is 26.7. The summed E-state index contributed by atoms with van der Waals surface area (Å²) in [5, 5.41) is 27.8. The Labute approximate surface area is 254 Å². The molecule has 15 heteroatoms. The predicted molar refractivity (Wildman–Crippen MR) is 159 cm³/mol. The number of rotatable bonds is 16. The van der Waals surface area contributed by atoms with Crippen molar-refractivity contribution in [2.45, 2.75) is 97.4 Å². The van der Waals surface area contributed by atoms with Crippen molar-refractivity contribution in [1.82, 2.24) is 15.1 Å². The first kappa shape index (κ1) is 36.9. The zero-order chi connectivity index (χ0) is 32.5. The summed E-state index contributed by atoms with van der Waals surface area (Å²) in [4.78, 5) is 31.3. The summed E-state index contributed by atoms with van der Waals surface area (Å²) in [6.07, 6.45) is -0.201. The van der Waals surface area contributed by atoms with Crippen molar-refractivity contribution in [1.29, 1.82) is 0 Å². The number of hydrogen-bond acceptors (Lipinski definition) is 12. The molecule has 0 bridgehead atoms. The summed E-state index contributed by atoms with van der Waals surface area (Å²) in [6.45, 7) is 15.9. The van der Waals surface area contributed by atoms with Gasteiger partial charge in [-0.05, 0) is 45.4 Å². The van der Waals surface area contributed by atoms with E-state index in [4.69, 9.17) is 23.5 Å². The van der Waals surface area contributed by atoms with Crippen molar-refractivity contribution < 1.29 is 47.8 Å². The minimum Gasteiger partial charge on any atom is -0.481 e. The fourth-order valence-corrected chi connectivity index (χ4v) is 6.51. The zero-order valence-corrected chi connectivity index (χ0v) is 27.3. The van der Waals surface area contributed by atoms with Gasteiger partial charge in [-0.15, -0.1) is 0 Å². The van der Waals surface area contributed by atoms with E-state index in [1.54, 1.807) is 26.1 Å². The highest BCUT2D eigenvalue weighted by Crippen LogP contribution is 2.43. The van der Waals surface area contributed by atoms with Gasteiger partial charge in [0.25, 0.3) is 0 Å². The number of aliphatic hydroxyl groups excluding tert-OH is 1. The molecule has 2 rings (SSSR count). The maximum absolute atomic E-state index is 14.4. The van der Waals surface area contributed by atoms with Crippen LogP contribution >= 0.6 is 7.67 Å². The molecule has 2 aliphatic heterocycles. The molecule has 43 heavy (non-hydrogen) atoms. The smallest absolute Gasteiger partial charge is 0.342 e. The van der Waals surface area contributed by atoms with Crippen molar-refractivity contribution in [3.8, 4) is 0 Å². The van der Waals surface area contributed by atoms with Crippen LogP contribution in [0.4, 0.5) is 0 Å². The van der Waals surface area contributed by atoms with Crippen molar-refractivity contribution in [3.05, 3.63) is 24.7 Å². The second kappa shape index (κ2) is 16.1. The van der Waals surface area contributed by atoms with E-state index in [1.165, 1.54) is 18.9 Å². The Hall–Kier alpha value is -2.32. The van der Waals surface area contributed by atoms with Gasteiger partial charge >= 0.3 is 19.6 Å². The molecular weight excluding hydrogens is 583 g/mol. The third-order valence-corrected chi connectivity index (χ3v) is 8.58. The van der Waals surface area contributed by atoms with E-state index in [1.807, 2.05) is 27.7 Å². The molecule has 3 unspecified atom stereocenters. The minimum atomic E-state index is -4.25. The molecule has 2 heterocycles. The fraction of sp³-hybridized carbons (Fsp3) is 0.750. The van der Waals surface area contributed by atoms with Crippen molar-refractivity contribution >= 4 is 25.5 Å². The second-order valence-electron chi connectivity index (χ2n) is 11.5. The van der Waals surface area contributed by atoms with Crippen LogP contribution in [0.15, 0.2) is 29.7 Å². The van der Waals surface area contributed by atoms with Gasteiger partial charge in [-0.1, -0.05) is 34.3 Å². The second-order valence-corrected chi connectivity index (χ2v) is 13.3. The number of hydrogen-bond donors (Lipinski definition) is 4. The average molecular weight is 633 g/mol. The van der Waals surface area contributed by atoms with E-state index in [0.717, 1.165) is 0 Å². The van der Waals surface area contributed by atoms with Crippen molar-refractivity contribution in [2.75, 3.05) is 26.9 Å². The molecule has 6 atom stereocenters. The van der Waals surface area contributed by atoms with Gasteiger partial charge in [0.05, 0.1) is 26.9 Å². The molecule has 14 nitrogen and oxygen atoms in total. The molecule has 0 spiro atoms. The maximum Gasteiger partial charge on any atom is 0.342 e. The number of methoxy groups -OCH3 is 1. The quantitative estimate of drug-likeness (QED) is 0.144. The van der Waals surface area contributed by atoms with Crippen LogP contribution < -0.4 is 10.2 Å². The number of carbonyl (C=O) groups excluding carboxylic acids is 2. The standard InChI is InChI=1S/C28H49N4O10P/c1-10-39-25(34)20(14-17(3)4)30-43(37,31-21(15-18(5)6)26(35)40-11-2)41-16-22-24(33)28(8,36)27(42-22)32-13-12-23(38-9)29-19(32)7/h12-13,17-18,20-22,24,27,33,36H,7,10-11,14-16H2,1-6,8-9H3,(H2,30,31,37)/t20?,21?,22-,24+,27-,28?,43?/m1/s1. The molecule has 0 aliphatic carbocycles. The molecule has 0 radical (unpaired) electrons. The Morgan fingerprint density at radius 2 is 1.63 bits per heavy atom. The summed E-state index contributed by atoms with van der Waals surface area (Å²) in [6, 6.07) is -2.08. The SMILES string of the molecule is C=C1N=C(OC)C=CN1[C@@H]1O[C@H](COP(=O)(NC(CC(C)C)C(=O)OCC)NC(CC(C)C)C(=O)OCC)[C@H](O)C1(C)O. The van der Waals surface area contributed by atoms with Crippen LogP contribution in [0, 0.1) is 11.8 Å². The number of aliphatic hydroxyl groups is 2.